The molecule has 1 aromatic carbocycles. The van der Waals surface area contributed by atoms with Gasteiger partial charge in [0.15, 0.2) is 0 Å². The van der Waals surface area contributed by atoms with Crippen molar-refractivity contribution in [2.75, 3.05) is 0 Å². The number of benzene rings is 1. The van der Waals surface area contributed by atoms with Crippen LogP contribution in [0.15, 0.2) is 24.3 Å². The van der Waals surface area contributed by atoms with Gasteiger partial charge in [0.2, 0.25) is 0 Å². The fourth-order valence-electron chi connectivity index (χ4n) is 2.53. The molecule has 15 heavy (non-hydrogen) atoms. The molecule has 1 aliphatic rings. The molecule has 82 valence electrons. The van der Waals surface area contributed by atoms with Crippen molar-refractivity contribution in [3.8, 4) is 0 Å². The van der Waals surface area contributed by atoms with Crippen LogP contribution in [-0.2, 0) is 0 Å². The zero-order valence-corrected chi connectivity index (χ0v) is 9.87. The fourth-order valence-corrected chi connectivity index (χ4v) is 2.66. The molecule has 0 aromatic heterocycles. The summed E-state index contributed by atoms with van der Waals surface area (Å²) < 4.78 is 0. The summed E-state index contributed by atoms with van der Waals surface area (Å²) in [6.07, 6.45) is 3.53. The van der Waals surface area contributed by atoms with E-state index in [1.165, 1.54) is 18.4 Å². The van der Waals surface area contributed by atoms with Gasteiger partial charge in [-0.1, -0.05) is 30.7 Å². The molecule has 1 aliphatic carbocycles. The molecular formula is C13H18ClN. The maximum Gasteiger partial charge on any atom is 0.0406 e. The second-order valence-corrected chi connectivity index (χ2v) is 5.14. The van der Waals surface area contributed by atoms with E-state index in [2.05, 4.69) is 19.1 Å². The summed E-state index contributed by atoms with van der Waals surface area (Å²) in [7, 11) is 0. The van der Waals surface area contributed by atoms with Gasteiger partial charge in [0.05, 0.1) is 0 Å². The van der Waals surface area contributed by atoms with E-state index < -0.39 is 0 Å². The van der Waals surface area contributed by atoms with Crippen LogP contribution in [0.1, 0.15) is 37.7 Å². The molecule has 0 bridgehead atoms. The Bertz CT molecular complexity index is 320. The van der Waals surface area contributed by atoms with Gasteiger partial charge in [-0.3, -0.25) is 0 Å². The molecule has 2 heteroatoms. The molecule has 1 nitrogen and oxygen atoms in total. The molecule has 2 N–H and O–H groups in total. The van der Waals surface area contributed by atoms with Crippen molar-refractivity contribution in [3.05, 3.63) is 34.9 Å². The van der Waals surface area contributed by atoms with Gasteiger partial charge in [0.1, 0.15) is 0 Å². The van der Waals surface area contributed by atoms with Crippen LogP contribution in [0, 0.1) is 5.92 Å². The third-order valence-corrected chi connectivity index (χ3v) is 3.79. The Hall–Kier alpha value is -0.530. The Morgan fingerprint density at radius 1 is 1.20 bits per heavy atom. The summed E-state index contributed by atoms with van der Waals surface area (Å²) in [5, 5.41) is 0.812. The molecule has 3 unspecified atom stereocenters. The lowest BCUT2D eigenvalue weighted by Gasteiger charge is -2.32. The van der Waals surface area contributed by atoms with Gasteiger partial charge in [0, 0.05) is 11.1 Å². The number of halogens is 1. The Labute approximate surface area is 96.6 Å². The van der Waals surface area contributed by atoms with Crippen LogP contribution in [0.4, 0.5) is 0 Å². The van der Waals surface area contributed by atoms with Crippen LogP contribution < -0.4 is 5.73 Å². The number of rotatable bonds is 1. The minimum atomic E-state index is 0.377. The SMILES string of the molecule is CC1CCC(N)CC1c1ccc(Cl)cc1. The average molecular weight is 224 g/mol. The standard InChI is InChI=1S/C13H18ClN/c1-9-2-7-12(15)8-13(9)10-3-5-11(14)6-4-10/h3-6,9,12-13H,2,7-8,15H2,1H3. The minimum absolute atomic E-state index is 0.377. The highest BCUT2D eigenvalue weighted by molar-refractivity contribution is 6.30. The first-order valence-electron chi connectivity index (χ1n) is 5.68. The largest absolute Gasteiger partial charge is 0.328 e. The predicted molar refractivity (Wildman–Crippen MR) is 65.2 cm³/mol. The van der Waals surface area contributed by atoms with E-state index in [9.17, 15) is 0 Å². The van der Waals surface area contributed by atoms with Crippen molar-refractivity contribution < 1.29 is 0 Å². The summed E-state index contributed by atoms with van der Waals surface area (Å²) in [4.78, 5) is 0. The van der Waals surface area contributed by atoms with Gasteiger partial charge in [-0.15, -0.1) is 0 Å². The van der Waals surface area contributed by atoms with Crippen LogP contribution in [0.25, 0.3) is 0 Å². The summed E-state index contributed by atoms with van der Waals surface area (Å²) in [6.45, 7) is 2.32. The van der Waals surface area contributed by atoms with Gasteiger partial charge in [-0.25, -0.2) is 0 Å². The van der Waals surface area contributed by atoms with Crippen molar-refractivity contribution in [1.29, 1.82) is 0 Å². The van der Waals surface area contributed by atoms with Crippen LogP contribution in [0.3, 0.4) is 0 Å². The molecule has 1 fully saturated rings. The lowest BCUT2D eigenvalue weighted by atomic mass is 9.75. The summed E-state index contributed by atoms with van der Waals surface area (Å²) in [5.74, 6) is 1.36. The molecule has 1 aromatic rings. The number of nitrogens with two attached hydrogens (primary N) is 1. The normalized spacial score (nSPS) is 31.5. The second kappa shape index (κ2) is 4.54. The van der Waals surface area contributed by atoms with Crippen molar-refractivity contribution in [2.45, 2.75) is 38.1 Å². The summed E-state index contributed by atoms with van der Waals surface area (Å²) in [6, 6.07) is 8.61. The molecule has 1 saturated carbocycles. The summed E-state index contributed by atoms with van der Waals surface area (Å²) >= 11 is 5.89. The molecular weight excluding hydrogens is 206 g/mol. The van der Waals surface area contributed by atoms with E-state index in [-0.39, 0.29) is 0 Å². The highest BCUT2D eigenvalue weighted by Gasteiger charge is 2.26. The first kappa shape index (κ1) is 11.0. The Balaban J connectivity index is 2.17. The van der Waals surface area contributed by atoms with Gasteiger partial charge >= 0.3 is 0 Å². The minimum Gasteiger partial charge on any atom is -0.328 e. The van der Waals surface area contributed by atoms with Gasteiger partial charge in [-0.05, 0) is 48.8 Å². The zero-order chi connectivity index (χ0) is 10.8. The Morgan fingerprint density at radius 3 is 2.53 bits per heavy atom. The number of hydrogen-bond donors (Lipinski definition) is 1. The highest BCUT2D eigenvalue weighted by atomic mass is 35.5. The quantitative estimate of drug-likeness (QED) is 0.774. The van der Waals surface area contributed by atoms with Crippen molar-refractivity contribution >= 4 is 11.6 Å². The second-order valence-electron chi connectivity index (χ2n) is 4.71. The molecule has 0 spiro atoms. The third kappa shape index (κ3) is 2.53. The van der Waals surface area contributed by atoms with Crippen molar-refractivity contribution in [2.24, 2.45) is 11.7 Å². The molecule has 0 aliphatic heterocycles. The first-order chi connectivity index (χ1) is 7.16. The highest BCUT2D eigenvalue weighted by Crippen LogP contribution is 2.37. The fraction of sp³-hybridized carbons (Fsp3) is 0.538. The van der Waals surface area contributed by atoms with Crippen LogP contribution in [0.5, 0.6) is 0 Å². The molecule has 0 heterocycles. The van der Waals surface area contributed by atoms with Gasteiger partial charge in [-0.2, -0.15) is 0 Å². The predicted octanol–water partition coefficient (Wildman–Crippen LogP) is 3.57. The first-order valence-corrected chi connectivity index (χ1v) is 6.05. The van der Waals surface area contributed by atoms with Crippen LogP contribution in [0.2, 0.25) is 5.02 Å². The van der Waals surface area contributed by atoms with E-state index in [0.717, 1.165) is 17.4 Å². The molecule has 0 radical (unpaired) electrons. The van der Waals surface area contributed by atoms with E-state index >= 15 is 0 Å². The van der Waals surface area contributed by atoms with Gasteiger partial charge < -0.3 is 5.73 Å². The molecule has 3 atom stereocenters. The molecule has 2 rings (SSSR count). The topological polar surface area (TPSA) is 26.0 Å². The smallest absolute Gasteiger partial charge is 0.0406 e. The monoisotopic (exact) mass is 223 g/mol. The van der Waals surface area contributed by atoms with Gasteiger partial charge in [0.25, 0.3) is 0 Å². The molecule has 0 amide bonds. The van der Waals surface area contributed by atoms with Crippen LogP contribution >= 0.6 is 11.6 Å². The van der Waals surface area contributed by atoms with E-state index in [1.807, 2.05) is 12.1 Å². The average Bonchev–Trinajstić information content (AvgIpc) is 2.23. The van der Waals surface area contributed by atoms with Crippen LogP contribution in [-0.4, -0.2) is 6.04 Å². The van der Waals surface area contributed by atoms with E-state index in [0.29, 0.717) is 12.0 Å². The Kier molecular flexibility index (Phi) is 3.32. The maximum atomic E-state index is 6.03. The number of hydrogen-bond acceptors (Lipinski definition) is 1. The van der Waals surface area contributed by atoms with E-state index in [4.69, 9.17) is 17.3 Å². The lowest BCUT2D eigenvalue weighted by molar-refractivity contribution is 0.300. The maximum absolute atomic E-state index is 6.03. The van der Waals surface area contributed by atoms with Crippen molar-refractivity contribution in [1.82, 2.24) is 0 Å². The van der Waals surface area contributed by atoms with Crippen molar-refractivity contribution in [3.63, 3.8) is 0 Å². The summed E-state index contributed by atoms with van der Waals surface area (Å²) in [5.41, 5.74) is 7.42. The van der Waals surface area contributed by atoms with E-state index in [1.54, 1.807) is 0 Å². The lowest BCUT2D eigenvalue weighted by Crippen LogP contribution is -2.31. The molecule has 0 saturated heterocycles. The Morgan fingerprint density at radius 2 is 1.87 bits per heavy atom. The third-order valence-electron chi connectivity index (χ3n) is 3.53. The zero-order valence-electron chi connectivity index (χ0n) is 9.12.